The zero-order valence-corrected chi connectivity index (χ0v) is 11.2. The molecule has 13 heavy (non-hydrogen) atoms. The van der Waals surface area contributed by atoms with E-state index in [1.54, 1.807) is 0 Å². The Kier molecular flexibility index (Phi) is 9.25. The van der Waals surface area contributed by atoms with Crippen LogP contribution in [0.1, 0.15) is 12.8 Å². The Morgan fingerprint density at radius 2 is 1.31 bits per heavy atom. The summed E-state index contributed by atoms with van der Waals surface area (Å²) in [6, 6.07) is 0. The summed E-state index contributed by atoms with van der Waals surface area (Å²) in [7, 11) is 0. The molecule has 0 heterocycles. The number of rotatable bonds is 6. The highest BCUT2D eigenvalue weighted by atomic mass is 127. The molecule has 0 atom stereocenters. The van der Waals surface area contributed by atoms with E-state index in [-0.39, 0.29) is 18.7 Å². The number of carbonyl (C=O) groups excluding carboxylic acids is 2. The molecule has 0 aliphatic heterocycles. The lowest BCUT2D eigenvalue weighted by Crippen LogP contribution is -2.12. The fourth-order valence-corrected chi connectivity index (χ4v) is 1.34. The molecule has 0 rings (SSSR count). The molecule has 76 valence electrons. The van der Waals surface area contributed by atoms with Gasteiger partial charge >= 0.3 is 11.9 Å². The fraction of sp³-hybridized carbons (Fsp3) is 0.714. The SMILES string of the molecule is O=C(CCI)OCOC(=O)CCI. The monoisotopic (exact) mass is 412 g/mol. The molecule has 0 radical (unpaired) electrons. The lowest BCUT2D eigenvalue weighted by atomic mass is 10.5. The predicted octanol–water partition coefficient (Wildman–Crippen LogP) is 1.68. The number of ether oxygens (including phenoxy) is 2. The molecule has 0 aliphatic carbocycles. The Bertz CT molecular complexity index is 154. The van der Waals surface area contributed by atoms with E-state index in [0.717, 1.165) is 0 Å². The molecule has 6 heteroatoms. The number of hydrogen-bond acceptors (Lipinski definition) is 4. The predicted molar refractivity (Wildman–Crippen MR) is 64.1 cm³/mol. The third-order valence-electron chi connectivity index (χ3n) is 1.04. The molecule has 4 nitrogen and oxygen atoms in total. The van der Waals surface area contributed by atoms with Gasteiger partial charge in [0.25, 0.3) is 0 Å². The van der Waals surface area contributed by atoms with Crippen LogP contribution in [-0.2, 0) is 19.1 Å². The van der Waals surface area contributed by atoms with Crippen LogP contribution in [0.2, 0.25) is 0 Å². The van der Waals surface area contributed by atoms with Gasteiger partial charge in [-0.2, -0.15) is 0 Å². The summed E-state index contributed by atoms with van der Waals surface area (Å²) in [6.07, 6.45) is 0.703. The average Bonchev–Trinajstić information content (AvgIpc) is 2.05. The minimum Gasteiger partial charge on any atom is -0.428 e. The van der Waals surface area contributed by atoms with Crippen LogP contribution in [0.25, 0.3) is 0 Å². The molecule has 0 aromatic rings. The quantitative estimate of drug-likeness (QED) is 0.289. The maximum Gasteiger partial charge on any atom is 0.309 e. The first kappa shape index (κ1) is 13.4. The maximum atomic E-state index is 10.8. The molecule has 0 aliphatic rings. The van der Waals surface area contributed by atoms with E-state index in [1.165, 1.54) is 0 Å². The Morgan fingerprint density at radius 3 is 1.62 bits per heavy atom. The fourth-order valence-electron chi connectivity index (χ4n) is 0.460. The van der Waals surface area contributed by atoms with Gasteiger partial charge < -0.3 is 9.47 Å². The molecule has 0 aromatic carbocycles. The standard InChI is InChI=1S/C7H10I2O4/c8-3-1-6(10)12-5-13-7(11)2-4-9/h1-5H2. The van der Waals surface area contributed by atoms with E-state index in [2.05, 4.69) is 54.7 Å². The normalized spacial score (nSPS) is 9.38. The Morgan fingerprint density at radius 1 is 0.923 bits per heavy atom. The Balaban J connectivity index is 3.33. The van der Waals surface area contributed by atoms with Crippen molar-refractivity contribution in [2.45, 2.75) is 12.8 Å². The van der Waals surface area contributed by atoms with Crippen molar-refractivity contribution in [3.05, 3.63) is 0 Å². The summed E-state index contributed by atoms with van der Waals surface area (Å²) in [5.74, 6) is -0.673. The summed E-state index contributed by atoms with van der Waals surface area (Å²) in [5.41, 5.74) is 0. The molecule has 0 saturated carbocycles. The maximum absolute atomic E-state index is 10.8. The summed E-state index contributed by atoms with van der Waals surface area (Å²) in [5, 5.41) is 0. The van der Waals surface area contributed by atoms with Crippen molar-refractivity contribution in [1.82, 2.24) is 0 Å². The summed E-state index contributed by atoms with van der Waals surface area (Å²) >= 11 is 4.14. The van der Waals surface area contributed by atoms with Crippen molar-refractivity contribution in [3.63, 3.8) is 0 Å². The lowest BCUT2D eigenvalue weighted by Gasteiger charge is -2.04. The minimum absolute atomic E-state index is 0.259. The van der Waals surface area contributed by atoms with Crippen LogP contribution in [0.3, 0.4) is 0 Å². The molecule has 0 fully saturated rings. The van der Waals surface area contributed by atoms with E-state index in [0.29, 0.717) is 21.7 Å². The van der Waals surface area contributed by atoms with Gasteiger partial charge in [0.2, 0.25) is 6.79 Å². The molecular formula is C7H10I2O4. The third-order valence-corrected chi connectivity index (χ3v) is 2.12. The van der Waals surface area contributed by atoms with Gasteiger partial charge in [-0.05, 0) is 0 Å². The molecule has 0 amide bonds. The van der Waals surface area contributed by atoms with E-state index in [9.17, 15) is 9.59 Å². The van der Waals surface area contributed by atoms with Crippen molar-refractivity contribution in [2.75, 3.05) is 15.6 Å². The molecule has 0 aromatic heterocycles. The molecule has 0 spiro atoms. The summed E-state index contributed by atoms with van der Waals surface area (Å²) in [6.45, 7) is -0.259. The van der Waals surface area contributed by atoms with E-state index >= 15 is 0 Å². The first-order valence-corrected chi connectivity index (χ1v) is 6.69. The molecule has 0 unspecified atom stereocenters. The number of alkyl halides is 2. The first-order chi connectivity index (χ1) is 6.20. The zero-order valence-electron chi connectivity index (χ0n) is 6.92. The van der Waals surface area contributed by atoms with E-state index < -0.39 is 0 Å². The van der Waals surface area contributed by atoms with Crippen LogP contribution < -0.4 is 0 Å². The topological polar surface area (TPSA) is 52.6 Å². The van der Waals surface area contributed by atoms with Crippen LogP contribution in [0.5, 0.6) is 0 Å². The average molecular weight is 412 g/mol. The zero-order chi connectivity index (χ0) is 10.1. The highest BCUT2D eigenvalue weighted by Gasteiger charge is 2.04. The smallest absolute Gasteiger partial charge is 0.309 e. The summed E-state index contributed by atoms with van der Waals surface area (Å²) in [4.78, 5) is 21.5. The molecule has 0 N–H and O–H groups in total. The summed E-state index contributed by atoms with van der Waals surface area (Å²) < 4.78 is 10.6. The van der Waals surface area contributed by atoms with Gasteiger partial charge in [-0.25, -0.2) is 0 Å². The van der Waals surface area contributed by atoms with Crippen molar-refractivity contribution in [3.8, 4) is 0 Å². The number of halogens is 2. The molecule has 0 saturated heterocycles. The highest BCUT2D eigenvalue weighted by Crippen LogP contribution is 1.95. The lowest BCUT2D eigenvalue weighted by molar-refractivity contribution is -0.166. The third kappa shape index (κ3) is 8.72. The van der Waals surface area contributed by atoms with Gasteiger partial charge in [0.05, 0.1) is 12.8 Å². The molecular weight excluding hydrogens is 402 g/mol. The Hall–Kier alpha value is 0.400. The number of esters is 2. The van der Waals surface area contributed by atoms with Gasteiger partial charge in [0, 0.05) is 8.86 Å². The number of carbonyl (C=O) groups is 2. The van der Waals surface area contributed by atoms with Crippen LogP contribution in [0.4, 0.5) is 0 Å². The van der Waals surface area contributed by atoms with Gasteiger partial charge in [0.15, 0.2) is 0 Å². The largest absolute Gasteiger partial charge is 0.428 e. The second-order valence-electron chi connectivity index (χ2n) is 2.03. The number of hydrogen-bond donors (Lipinski definition) is 0. The van der Waals surface area contributed by atoms with Gasteiger partial charge in [-0.3, -0.25) is 9.59 Å². The second-order valence-corrected chi connectivity index (χ2v) is 4.19. The minimum atomic E-state index is -0.336. The second kappa shape index (κ2) is 8.97. The Labute approximate surface area is 104 Å². The van der Waals surface area contributed by atoms with Gasteiger partial charge in [-0.1, -0.05) is 45.2 Å². The molecule has 0 bridgehead atoms. The van der Waals surface area contributed by atoms with Crippen LogP contribution in [0.15, 0.2) is 0 Å². The van der Waals surface area contributed by atoms with E-state index in [4.69, 9.17) is 0 Å². The van der Waals surface area contributed by atoms with Crippen molar-refractivity contribution in [1.29, 1.82) is 0 Å². The van der Waals surface area contributed by atoms with Crippen LogP contribution >= 0.6 is 45.2 Å². The highest BCUT2D eigenvalue weighted by molar-refractivity contribution is 14.1. The first-order valence-electron chi connectivity index (χ1n) is 3.64. The van der Waals surface area contributed by atoms with Crippen molar-refractivity contribution in [2.24, 2.45) is 0 Å². The van der Waals surface area contributed by atoms with Crippen molar-refractivity contribution < 1.29 is 19.1 Å². The van der Waals surface area contributed by atoms with Gasteiger partial charge in [0.1, 0.15) is 0 Å². The van der Waals surface area contributed by atoms with Crippen LogP contribution in [-0.4, -0.2) is 27.6 Å². The van der Waals surface area contributed by atoms with Crippen molar-refractivity contribution >= 4 is 57.1 Å². The van der Waals surface area contributed by atoms with E-state index in [1.807, 2.05) is 0 Å². The van der Waals surface area contributed by atoms with Crippen LogP contribution in [0, 0.1) is 0 Å². The van der Waals surface area contributed by atoms with Gasteiger partial charge in [-0.15, -0.1) is 0 Å².